The van der Waals surface area contributed by atoms with Gasteiger partial charge in [-0.3, -0.25) is 9.59 Å². The summed E-state index contributed by atoms with van der Waals surface area (Å²) in [6, 6.07) is 19.3. The Hall–Kier alpha value is -2.45. The second-order valence-electron chi connectivity index (χ2n) is 9.30. The summed E-state index contributed by atoms with van der Waals surface area (Å²) in [4.78, 5) is 26.8. The lowest BCUT2D eigenvalue weighted by Crippen LogP contribution is -2.47. The summed E-state index contributed by atoms with van der Waals surface area (Å²) >= 11 is 2.96. The molecule has 1 fully saturated rings. The fraction of sp³-hybridized carbons (Fsp3) is 0.357. The number of thioether (sulfide) groups is 1. The molecule has 202 valence electrons. The van der Waals surface area contributed by atoms with Gasteiger partial charge in [0, 0.05) is 35.1 Å². The van der Waals surface area contributed by atoms with Crippen LogP contribution in [0.4, 0.5) is 0 Å². The average molecular weight is 573 g/mol. The highest BCUT2D eigenvalue weighted by Gasteiger charge is 2.51. The third-order valence-corrected chi connectivity index (χ3v) is 13.7. The van der Waals surface area contributed by atoms with Crippen molar-refractivity contribution in [2.45, 2.75) is 34.2 Å². The van der Waals surface area contributed by atoms with Crippen LogP contribution in [0.2, 0.25) is 0 Å². The summed E-state index contributed by atoms with van der Waals surface area (Å²) in [5.41, 5.74) is 6.35. The van der Waals surface area contributed by atoms with Gasteiger partial charge < -0.3 is 25.1 Å². The number of nitrogens with one attached hydrogen (secondary N) is 1. The Morgan fingerprint density at radius 2 is 1.68 bits per heavy atom. The van der Waals surface area contributed by atoms with Crippen molar-refractivity contribution in [1.82, 2.24) is 5.32 Å². The largest absolute Gasteiger partial charge is 0.497 e. The van der Waals surface area contributed by atoms with Crippen molar-refractivity contribution < 1.29 is 23.6 Å². The number of hydrogen-bond donors (Lipinski definition) is 2. The highest BCUT2D eigenvalue weighted by atomic mass is 32.7. The van der Waals surface area contributed by atoms with Crippen molar-refractivity contribution in [1.29, 1.82) is 0 Å². The molecule has 0 bridgehead atoms. The number of benzene rings is 3. The first kappa shape index (κ1) is 28.6. The van der Waals surface area contributed by atoms with Crippen molar-refractivity contribution >= 4 is 52.1 Å². The molecule has 3 aromatic rings. The number of nitrogens with two attached hydrogens (primary N) is 1. The standard InChI is InChI=1S/C28H33N2O5PS2/c1-34-23-7-6-20-18-22(5-4-21(20)19-23)26(31)30-14-3-17-37-24-8-10-25(11-9-24)38-36(2,33)28(27(29)32)12-15-35-16-13-28/h4-11,18-19H,3,12-17H2,1-2H3,(H2,29,32)(H,30,31). The monoisotopic (exact) mass is 572 g/mol. The molecule has 10 heteroatoms. The molecule has 2 amide bonds. The quantitative estimate of drug-likeness (QED) is 0.170. The average Bonchev–Trinajstić information content (AvgIpc) is 2.93. The molecule has 0 saturated carbocycles. The number of methoxy groups -OCH3 is 1. The molecule has 3 aromatic carbocycles. The molecular weight excluding hydrogens is 539 g/mol. The van der Waals surface area contributed by atoms with Gasteiger partial charge in [0.1, 0.15) is 10.9 Å². The van der Waals surface area contributed by atoms with E-state index in [1.54, 1.807) is 25.5 Å². The Balaban J connectivity index is 1.24. The molecule has 3 N–H and O–H groups in total. The van der Waals surface area contributed by atoms with Gasteiger partial charge in [0.15, 0.2) is 6.34 Å². The number of carbonyl (C=O) groups is 2. The summed E-state index contributed by atoms with van der Waals surface area (Å²) in [7, 11) is 1.64. The molecule has 4 rings (SSSR count). The molecule has 1 aliphatic rings. The second-order valence-corrected chi connectivity index (χ2v) is 16.3. The normalized spacial score (nSPS) is 16.5. The third kappa shape index (κ3) is 6.57. The number of rotatable bonds is 11. The summed E-state index contributed by atoms with van der Waals surface area (Å²) in [5.74, 6) is 1.05. The van der Waals surface area contributed by atoms with Gasteiger partial charge in [-0.2, -0.15) is 0 Å². The lowest BCUT2D eigenvalue weighted by molar-refractivity contribution is -0.122. The van der Waals surface area contributed by atoms with Gasteiger partial charge in [0.25, 0.3) is 5.91 Å². The summed E-state index contributed by atoms with van der Waals surface area (Å²) < 4.78 is 24.3. The van der Waals surface area contributed by atoms with E-state index in [0.717, 1.165) is 38.5 Å². The molecule has 0 aliphatic carbocycles. The zero-order valence-corrected chi connectivity index (χ0v) is 24.1. The number of primary amides is 1. The van der Waals surface area contributed by atoms with Gasteiger partial charge in [0.05, 0.1) is 7.11 Å². The molecular formula is C28H33N2O5PS2. The molecule has 1 atom stereocenters. The van der Waals surface area contributed by atoms with Crippen LogP contribution < -0.4 is 15.8 Å². The fourth-order valence-corrected chi connectivity index (χ4v) is 10.5. The van der Waals surface area contributed by atoms with Crippen LogP contribution in [0, 0.1) is 0 Å². The molecule has 0 spiro atoms. The molecule has 1 saturated heterocycles. The first-order valence-corrected chi connectivity index (χ1v) is 17.0. The lowest BCUT2D eigenvalue weighted by atomic mass is 9.98. The van der Waals surface area contributed by atoms with Crippen molar-refractivity contribution in [2.75, 3.05) is 39.3 Å². The molecule has 38 heavy (non-hydrogen) atoms. The van der Waals surface area contributed by atoms with Crippen LogP contribution in [0.5, 0.6) is 5.75 Å². The SMILES string of the molecule is COc1ccc2cc(C(=O)NCCCSc3ccc(SP(C)(=O)C4(C(N)=O)CCOCC4)cc3)ccc2c1. The Morgan fingerprint density at radius 1 is 1.03 bits per heavy atom. The van der Waals surface area contributed by atoms with E-state index in [-0.39, 0.29) is 5.91 Å². The third-order valence-electron chi connectivity index (χ3n) is 6.84. The molecule has 1 unspecified atom stereocenters. The van der Waals surface area contributed by atoms with E-state index in [1.807, 2.05) is 60.7 Å². The maximum atomic E-state index is 13.6. The summed E-state index contributed by atoms with van der Waals surface area (Å²) in [6.07, 6.45) is -1.36. The van der Waals surface area contributed by atoms with Gasteiger partial charge in [-0.15, -0.1) is 11.8 Å². The van der Waals surface area contributed by atoms with Crippen LogP contribution in [0.25, 0.3) is 10.8 Å². The van der Waals surface area contributed by atoms with Crippen LogP contribution in [0.1, 0.15) is 29.6 Å². The van der Waals surface area contributed by atoms with Crippen molar-refractivity contribution in [2.24, 2.45) is 5.73 Å². The second kappa shape index (κ2) is 12.6. The van der Waals surface area contributed by atoms with Gasteiger partial charge in [-0.1, -0.05) is 23.5 Å². The summed E-state index contributed by atoms with van der Waals surface area (Å²) in [6.45, 7) is 3.04. The first-order valence-electron chi connectivity index (χ1n) is 12.5. The van der Waals surface area contributed by atoms with E-state index >= 15 is 0 Å². The van der Waals surface area contributed by atoms with Crippen LogP contribution in [0.15, 0.2) is 70.5 Å². The molecule has 0 radical (unpaired) electrons. The molecule has 0 aromatic heterocycles. The maximum absolute atomic E-state index is 13.6. The minimum absolute atomic E-state index is 0.0867. The molecule has 7 nitrogen and oxygen atoms in total. The minimum Gasteiger partial charge on any atom is -0.497 e. The number of carbonyl (C=O) groups excluding carboxylic acids is 2. The Labute approximate surface area is 231 Å². The van der Waals surface area contributed by atoms with E-state index in [9.17, 15) is 14.2 Å². The Kier molecular flexibility index (Phi) is 9.47. The highest BCUT2D eigenvalue weighted by Crippen LogP contribution is 2.70. The maximum Gasteiger partial charge on any atom is 0.251 e. The number of amides is 2. The van der Waals surface area contributed by atoms with Crippen LogP contribution in [-0.4, -0.2) is 56.3 Å². The number of ether oxygens (including phenoxy) is 2. The first-order chi connectivity index (χ1) is 18.2. The molecule has 1 aliphatic heterocycles. The number of hydrogen-bond acceptors (Lipinski definition) is 7. The smallest absolute Gasteiger partial charge is 0.251 e. The van der Waals surface area contributed by atoms with Crippen LogP contribution >= 0.6 is 29.5 Å². The van der Waals surface area contributed by atoms with Crippen molar-refractivity contribution in [3.63, 3.8) is 0 Å². The zero-order chi connectivity index (χ0) is 27.2. The topological polar surface area (TPSA) is 108 Å². The van der Waals surface area contributed by atoms with Gasteiger partial charge >= 0.3 is 0 Å². The minimum atomic E-state index is -2.97. The Bertz CT molecular complexity index is 1340. The van der Waals surface area contributed by atoms with Gasteiger partial charge in [0.2, 0.25) is 5.91 Å². The predicted molar refractivity (Wildman–Crippen MR) is 156 cm³/mol. The van der Waals surface area contributed by atoms with E-state index in [4.69, 9.17) is 15.2 Å². The van der Waals surface area contributed by atoms with E-state index in [0.29, 0.717) is 38.2 Å². The van der Waals surface area contributed by atoms with Crippen molar-refractivity contribution in [3.05, 3.63) is 66.2 Å². The predicted octanol–water partition coefficient (Wildman–Crippen LogP) is 5.80. The Morgan fingerprint density at radius 3 is 2.37 bits per heavy atom. The van der Waals surface area contributed by atoms with Crippen LogP contribution in [0.3, 0.4) is 0 Å². The van der Waals surface area contributed by atoms with Gasteiger partial charge in [-0.25, -0.2) is 0 Å². The van der Waals surface area contributed by atoms with Crippen molar-refractivity contribution in [3.8, 4) is 5.75 Å². The van der Waals surface area contributed by atoms with E-state index in [1.165, 1.54) is 11.4 Å². The summed E-state index contributed by atoms with van der Waals surface area (Å²) in [5, 5.41) is 3.99. The fourth-order valence-electron chi connectivity index (χ4n) is 4.51. The van der Waals surface area contributed by atoms with Crippen LogP contribution in [-0.2, 0) is 14.1 Å². The highest BCUT2D eigenvalue weighted by molar-refractivity contribution is 8.58. The molecule has 1 heterocycles. The zero-order valence-electron chi connectivity index (χ0n) is 21.6. The van der Waals surface area contributed by atoms with E-state index < -0.39 is 17.4 Å². The van der Waals surface area contributed by atoms with E-state index in [2.05, 4.69) is 5.32 Å². The lowest BCUT2D eigenvalue weighted by Gasteiger charge is -2.38. The van der Waals surface area contributed by atoms with Gasteiger partial charge in [-0.05, 0) is 91.0 Å². The number of fused-ring (bicyclic) bond motifs is 1.